The highest BCUT2D eigenvalue weighted by atomic mass is 16.5. The van der Waals surface area contributed by atoms with Crippen LogP contribution in [-0.2, 0) is 6.54 Å². The monoisotopic (exact) mass is 391 g/mol. The Labute approximate surface area is 166 Å². The molecular weight excluding hydrogens is 370 g/mol. The molecule has 148 valence electrons. The molecule has 4 aromatic rings. The first kappa shape index (κ1) is 17.5. The summed E-state index contributed by atoms with van der Waals surface area (Å²) in [6.07, 6.45) is 5.95. The average Bonchev–Trinajstić information content (AvgIpc) is 3.27. The predicted molar refractivity (Wildman–Crippen MR) is 106 cm³/mol. The summed E-state index contributed by atoms with van der Waals surface area (Å²) in [6.45, 7) is 2.92. The van der Waals surface area contributed by atoms with Crippen molar-refractivity contribution in [2.45, 2.75) is 32.4 Å². The van der Waals surface area contributed by atoms with Crippen molar-refractivity contribution in [3.63, 3.8) is 0 Å². The smallest absolute Gasteiger partial charge is 0.213 e. The zero-order chi connectivity index (χ0) is 20.0. The van der Waals surface area contributed by atoms with Gasteiger partial charge in [-0.1, -0.05) is 11.3 Å². The van der Waals surface area contributed by atoms with E-state index in [1.54, 1.807) is 17.9 Å². The maximum atomic E-state index is 6.19. The molecule has 0 saturated heterocycles. The van der Waals surface area contributed by atoms with Crippen molar-refractivity contribution in [2.24, 2.45) is 5.92 Å². The molecule has 5 rings (SSSR count). The zero-order valence-corrected chi connectivity index (χ0v) is 16.2. The van der Waals surface area contributed by atoms with Crippen LogP contribution in [0.2, 0.25) is 0 Å². The number of ether oxygens (including phenoxy) is 1. The Hall–Kier alpha value is -3.56. The van der Waals surface area contributed by atoms with Crippen LogP contribution in [0.25, 0.3) is 22.4 Å². The summed E-state index contributed by atoms with van der Waals surface area (Å²) in [6, 6.07) is 5.32. The minimum Gasteiger partial charge on any atom is -0.481 e. The van der Waals surface area contributed by atoms with Crippen LogP contribution in [0.4, 0.5) is 5.82 Å². The highest BCUT2D eigenvalue weighted by Crippen LogP contribution is 2.33. The molecule has 10 nitrogen and oxygen atoms in total. The van der Waals surface area contributed by atoms with Gasteiger partial charge in [0, 0.05) is 12.6 Å². The summed E-state index contributed by atoms with van der Waals surface area (Å²) in [5.74, 6) is 1.57. The molecule has 1 fully saturated rings. The van der Waals surface area contributed by atoms with Gasteiger partial charge in [-0.15, -0.1) is 5.10 Å². The van der Waals surface area contributed by atoms with Crippen LogP contribution < -0.4 is 10.5 Å². The molecule has 29 heavy (non-hydrogen) atoms. The van der Waals surface area contributed by atoms with Crippen LogP contribution in [0.5, 0.6) is 5.88 Å². The number of nitrogens with two attached hydrogens (primary N) is 1. The fraction of sp³-hybridized carbons (Fsp3) is 0.368. The third-order valence-corrected chi connectivity index (χ3v) is 5.19. The maximum Gasteiger partial charge on any atom is 0.213 e. The van der Waals surface area contributed by atoms with Crippen LogP contribution in [0.15, 0.2) is 30.7 Å². The third-order valence-electron chi connectivity index (χ3n) is 5.19. The fourth-order valence-corrected chi connectivity index (χ4v) is 3.39. The summed E-state index contributed by atoms with van der Waals surface area (Å²) in [5, 5.41) is 14.1. The molecule has 4 heterocycles. The molecule has 1 aliphatic rings. The van der Waals surface area contributed by atoms with Gasteiger partial charge < -0.3 is 10.5 Å². The lowest BCUT2D eigenvalue weighted by atomic mass is 10.2. The van der Waals surface area contributed by atoms with E-state index in [0.717, 1.165) is 18.2 Å². The molecule has 1 atom stereocenters. The van der Waals surface area contributed by atoms with Crippen molar-refractivity contribution in [3.05, 3.63) is 36.4 Å². The quantitative estimate of drug-likeness (QED) is 0.530. The molecule has 1 unspecified atom stereocenters. The summed E-state index contributed by atoms with van der Waals surface area (Å²) >= 11 is 0. The molecular formula is C19H21N9O. The first-order valence-corrected chi connectivity index (χ1v) is 9.54. The van der Waals surface area contributed by atoms with Gasteiger partial charge in [0.15, 0.2) is 5.65 Å². The highest BCUT2D eigenvalue weighted by Gasteiger charge is 2.25. The predicted octanol–water partition coefficient (Wildman–Crippen LogP) is 2.09. The van der Waals surface area contributed by atoms with E-state index < -0.39 is 0 Å². The summed E-state index contributed by atoms with van der Waals surface area (Å²) in [4.78, 5) is 13.1. The number of nitrogen functional groups attached to an aromatic ring is 1. The number of pyridine rings is 1. The molecule has 0 spiro atoms. The largest absolute Gasteiger partial charge is 0.481 e. The van der Waals surface area contributed by atoms with Crippen LogP contribution in [0.3, 0.4) is 0 Å². The van der Waals surface area contributed by atoms with Crippen LogP contribution in [0.1, 0.15) is 31.5 Å². The molecule has 1 saturated carbocycles. The van der Waals surface area contributed by atoms with E-state index in [-0.39, 0.29) is 6.04 Å². The Morgan fingerprint density at radius 2 is 2.14 bits per heavy atom. The second kappa shape index (κ2) is 6.80. The number of anilines is 1. The summed E-state index contributed by atoms with van der Waals surface area (Å²) in [5.41, 5.74) is 8.87. The SMILES string of the molecule is COc1cccc(-c2nn(C(C)c3cn(CC4CC4)nn3)c3ncnc(N)c23)n1. The molecule has 0 bridgehead atoms. The van der Waals surface area contributed by atoms with E-state index in [0.29, 0.717) is 34.1 Å². The first-order chi connectivity index (χ1) is 14.1. The van der Waals surface area contributed by atoms with Crippen LogP contribution in [0, 0.1) is 5.92 Å². The van der Waals surface area contributed by atoms with E-state index in [1.165, 1.54) is 19.2 Å². The Kier molecular flexibility index (Phi) is 4.11. The second-order valence-electron chi connectivity index (χ2n) is 7.30. The number of nitrogens with zero attached hydrogens (tertiary/aromatic N) is 8. The minimum atomic E-state index is -0.181. The van der Waals surface area contributed by atoms with Crippen molar-refractivity contribution < 1.29 is 4.74 Å². The van der Waals surface area contributed by atoms with Gasteiger partial charge in [-0.2, -0.15) is 5.10 Å². The van der Waals surface area contributed by atoms with Gasteiger partial charge >= 0.3 is 0 Å². The van der Waals surface area contributed by atoms with Crippen molar-refractivity contribution in [1.82, 2.24) is 39.7 Å². The molecule has 0 aromatic carbocycles. The Morgan fingerprint density at radius 3 is 2.93 bits per heavy atom. The van der Waals surface area contributed by atoms with Crippen molar-refractivity contribution >= 4 is 16.9 Å². The molecule has 4 aromatic heterocycles. The number of fused-ring (bicyclic) bond motifs is 1. The van der Waals surface area contributed by atoms with Gasteiger partial charge in [-0.3, -0.25) is 4.68 Å². The average molecular weight is 391 g/mol. The Morgan fingerprint density at radius 1 is 1.28 bits per heavy atom. The Balaban J connectivity index is 1.60. The van der Waals surface area contributed by atoms with E-state index in [4.69, 9.17) is 15.6 Å². The van der Waals surface area contributed by atoms with Crippen molar-refractivity contribution in [3.8, 4) is 17.3 Å². The van der Waals surface area contributed by atoms with E-state index in [2.05, 4.69) is 25.3 Å². The van der Waals surface area contributed by atoms with Gasteiger partial charge in [0.25, 0.3) is 0 Å². The van der Waals surface area contributed by atoms with Gasteiger partial charge in [0.05, 0.1) is 30.4 Å². The molecule has 10 heteroatoms. The summed E-state index contributed by atoms with van der Waals surface area (Å²) < 4.78 is 8.96. The van der Waals surface area contributed by atoms with Crippen LogP contribution >= 0.6 is 0 Å². The number of methoxy groups -OCH3 is 1. The normalized spacial score (nSPS) is 15.0. The molecule has 0 amide bonds. The molecule has 1 aliphatic carbocycles. The molecule has 0 aliphatic heterocycles. The van der Waals surface area contributed by atoms with Crippen LogP contribution in [-0.4, -0.2) is 46.8 Å². The second-order valence-corrected chi connectivity index (χ2v) is 7.30. The van der Waals surface area contributed by atoms with E-state index in [1.807, 2.05) is 29.9 Å². The van der Waals surface area contributed by atoms with Gasteiger partial charge in [0.1, 0.15) is 23.5 Å². The highest BCUT2D eigenvalue weighted by molar-refractivity contribution is 5.97. The topological polar surface area (TPSA) is 122 Å². The van der Waals surface area contributed by atoms with Gasteiger partial charge in [-0.25, -0.2) is 19.6 Å². The van der Waals surface area contributed by atoms with E-state index >= 15 is 0 Å². The fourth-order valence-electron chi connectivity index (χ4n) is 3.39. The lowest BCUT2D eigenvalue weighted by molar-refractivity contribution is 0.398. The number of hydrogen-bond acceptors (Lipinski definition) is 8. The lowest BCUT2D eigenvalue weighted by Gasteiger charge is -2.09. The lowest BCUT2D eigenvalue weighted by Crippen LogP contribution is -2.10. The first-order valence-electron chi connectivity index (χ1n) is 9.54. The zero-order valence-electron chi connectivity index (χ0n) is 16.2. The molecule has 2 N–H and O–H groups in total. The molecule has 0 radical (unpaired) electrons. The van der Waals surface area contributed by atoms with Gasteiger partial charge in [0.2, 0.25) is 5.88 Å². The maximum absolute atomic E-state index is 6.19. The Bertz CT molecular complexity index is 1180. The minimum absolute atomic E-state index is 0.181. The summed E-state index contributed by atoms with van der Waals surface area (Å²) in [7, 11) is 1.58. The van der Waals surface area contributed by atoms with Gasteiger partial charge in [-0.05, 0) is 31.7 Å². The van der Waals surface area contributed by atoms with Crippen molar-refractivity contribution in [1.29, 1.82) is 0 Å². The van der Waals surface area contributed by atoms with E-state index in [9.17, 15) is 0 Å². The number of hydrogen-bond donors (Lipinski definition) is 1. The third kappa shape index (κ3) is 3.16. The van der Waals surface area contributed by atoms with Crippen molar-refractivity contribution in [2.75, 3.05) is 12.8 Å². The number of rotatable bonds is 6. The number of aromatic nitrogens is 8. The standard InChI is InChI=1S/C19H21N9O/c1-11(14-9-27(26-24-14)8-12-6-7-12)28-19-16(18(20)21-10-22-19)17(25-28)13-4-3-5-15(23-13)29-2/h3-5,9-12H,6-8H2,1-2H3,(H2,20,21,22).